The second-order valence-electron chi connectivity index (χ2n) is 26.9. The predicted octanol–water partition coefficient (Wildman–Crippen LogP) is 17.6. The Balaban J connectivity index is 1.09. The van der Waals surface area contributed by atoms with Crippen LogP contribution >= 0.6 is 11.3 Å². The van der Waals surface area contributed by atoms with Crippen molar-refractivity contribution in [1.82, 2.24) is 0 Å². The molecule has 0 saturated heterocycles. The molecule has 2 aliphatic rings. The molecule has 2 aliphatic heterocycles. The van der Waals surface area contributed by atoms with Gasteiger partial charge in [-0.05, 0) is 162 Å². The van der Waals surface area contributed by atoms with E-state index in [0.29, 0.717) is 0 Å². The fourth-order valence-electron chi connectivity index (χ4n) is 14.0. The molecule has 4 nitrogen and oxygen atoms in total. The number of hydrogen-bond donors (Lipinski definition) is 0. The van der Waals surface area contributed by atoms with E-state index in [4.69, 9.17) is 4.42 Å². The minimum absolute atomic E-state index is 0.00249. The van der Waals surface area contributed by atoms with Gasteiger partial charge in [-0.15, -0.1) is 11.3 Å². The Hall–Kier alpha value is -9.14. The SMILES string of the molecule is CC(C)(C)c1ccc(N(c2ccc(C(C)(C)C)cc2)c2ccc3c(c2)N(c2ccccc2)c2cc([Si](c4ccccc4)(c4ccccc4)c4ccccc4)cc4c2B3c2sc3ccc(C(C)(C)C)cc3c2N4c2ccc3oc4ccccc4c3c2)cc1. The van der Waals surface area contributed by atoms with E-state index in [1.165, 1.54) is 80.3 Å². The van der Waals surface area contributed by atoms with Crippen LogP contribution in [0.4, 0.5) is 51.2 Å². The molecule has 0 bridgehead atoms. The van der Waals surface area contributed by atoms with Crippen LogP contribution in [-0.4, -0.2) is 14.8 Å². The molecule has 0 fully saturated rings. The van der Waals surface area contributed by atoms with E-state index < -0.39 is 8.07 Å². The topological polar surface area (TPSA) is 22.9 Å². The van der Waals surface area contributed by atoms with Crippen LogP contribution in [0.25, 0.3) is 32.0 Å². The van der Waals surface area contributed by atoms with Gasteiger partial charge in [0.15, 0.2) is 8.07 Å². The third-order valence-electron chi connectivity index (χ3n) is 18.4. The highest BCUT2D eigenvalue weighted by atomic mass is 32.1. The van der Waals surface area contributed by atoms with Crippen molar-refractivity contribution in [3.8, 4) is 0 Å². The quantitative estimate of drug-likeness (QED) is 0.106. The molecule has 2 aromatic heterocycles. The van der Waals surface area contributed by atoms with Crippen molar-refractivity contribution in [3.63, 3.8) is 0 Å². The first kappa shape index (κ1) is 54.5. The minimum atomic E-state index is -3.22. The Kier molecular flexibility index (Phi) is 12.8. The highest BCUT2D eigenvalue weighted by Gasteiger charge is 2.49. The van der Waals surface area contributed by atoms with Gasteiger partial charge in [0.25, 0.3) is 6.71 Å². The second kappa shape index (κ2) is 20.5. The highest BCUT2D eigenvalue weighted by molar-refractivity contribution is 7.33. The van der Waals surface area contributed by atoms with E-state index >= 15 is 0 Å². The van der Waals surface area contributed by atoms with Gasteiger partial charge in [0.2, 0.25) is 0 Å². The molecule has 0 radical (unpaired) electrons. The molecular formula is C80H70BN3OSSi. The first-order valence-corrected chi connectivity index (χ1v) is 33.5. The summed E-state index contributed by atoms with van der Waals surface area (Å²) < 4.78 is 9.23. The number of furan rings is 1. The summed E-state index contributed by atoms with van der Waals surface area (Å²) in [5, 5.41) is 8.75. The molecule has 4 heterocycles. The third-order valence-corrected chi connectivity index (χ3v) is 24.4. The van der Waals surface area contributed by atoms with Crippen molar-refractivity contribution in [3.05, 3.63) is 278 Å². The predicted molar refractivity (Wildman–Crippen MR) is 378 cm³/mol. The van der Waals surface area contributed by atoms with Crippen LogP contribution in [0.1, 0.15) is 79.0 Å². The summed E-state index contributed by atoms with van der Waals surface area (Å²) in [6.07, 6.45) is 0. The molecule has 0 amide bonds. The standard InChI is InChI=1S/C80H70BN3OSSi/c1-78(2,3)53-34-39-57(40-35-53)82(58-41-36-54(37-42-58)79(4,5)6)60-43-45-68-69(50-60)83(56-24-14-10-15-25-56)70-51-64(87(61-26-16-11-17-27-61,62-28-18-12-19-29-62)63-30-20-13-21-31-63)52-71-75(70)81(68)77-76(67-48-55(80(7,8)9)38-47-74(67)86-77)84(71)59-44-46-73-66(49-59)65-32-22-23-33-72(65)85-73/h10-52H,1-9H3. The van der Waals surface area contributed by atoms with E-state index in [1.54, 1.807) is 0 Å². The number of anilines is 9. The first-order valence-electron chi connectivity index (χ1n) is 30.7. The molecule has 0 N–H and O–H groups in total. The lowest BCUT2D eigenvalue weighted by Crippen LogP contribution is -2.75. The molecular weight excluding hydrogens is 1090 g/mol. The smallest absolute Gasteiger partial charge is 0.264 e. The summed E-state index contributed by atoms with van der Waals surface area (Å²) >= 11 is 1.96. The molecule has 0 spiro atoms. The van der Waals surface area contributed by atoms with Gasteiger partial charge in [-0.2, -0.15) is 0 Å². The molecule has 7 heteroatoms. The molecule has 424 valence electrons. The number of thiophene rings is 1. The highest BCUT2D eigenvalue weighted by Crippen LogP contribution is 2.50. The Morgan fingerprint density at radius 1 is 0.379 bits per heavy atom. The summed E-state index contributed by atoms with van der Waals surface area (Å²) in [6.45, 7) is 20.7. The summed E-state index contributed by atoms with van der Waals surface area (Å²) in [4.78, 5) is 7.74. The maximum atomic E-state index is 6.62. The summed E-state index contributed by atoms with van der Waals surface area (Å²) in [5.74, 6) is 0. The number of nitrogens with zero attached hydrogens (tertiary/aromatic N) is 3. The zero-order valence-electron chi connectivity index (χ0n) is 51.1. The van der Waals surface area contributed by atoms with Crippen molar-refractivity contribution >= 4 is 146 Å². The summed E-state index contributed by atoms with van der Waals surface area (Å²) in [6, 6.07) is 99.2. The van der Waals surface area contributed by atoms with Gasteiger partial charge in [-0.25, -0.2) is 0 Å². The molecule has 15 rings (SSSR count). The van der Waals surface area contributed by atoms with Crippen molar-refractivity contribution in [2.24, 2.45) is 0 Å². The monoisotopic (exact) mass is 1160 g/mol. The van der Waals surface area contributed by atoms with Crippen LogP contribution in [0, 0.1) is 0 Å². The number of rotatable bonds is 9. The van der Waals surface area contributed by atoms with E-state index in [2.05, 4.69) is 338 Å². The van der Waals surface area contributed by atoms with Crippen LogP contribution in [0.15, 0.2) is 265 Å². The molecule has 13 aromatic rings. The molecule has 87 heavy (non-hydrogen) atoms. The van der Waals surface area contributed by atoms with E-state index in [1.807, 2.05) is 11.3 Å². The van der Waals surface area contributed by atoms with Crippen LogP contribution in [-0.2, 0) is 16.2 Å². The molecule has 0 atom stereocenters. The first-order chi connectivity index (χ1) is 42.0. The van der Waals surface area contributed by atoms with E-state index in [0.717, 1.165) is 56.1 Å². The Bertz CT molecular complexity index is 4600. The molecule has 0 unspecified atom stereocenters. The number of benzene rings is 11. The van der Waals surface area contributed by atoms with Gasteiger partial charge in [-0.3, -0.25) is 0 Å². The fraction of sp³-hybridized carbons (Fsp3) is 0.150. The van der Waals surface area contributed by atoms with Crippen molar-refractivity contribution in [2.45, 2.75) is 78.6 Å². The van der Waals surface area contributed by atoms with E-state index in [9.17, 15) is 0 Å². The fourth-order valence-corrected chi connectivity index (χ4v) is 20.1. The van der Waals surface area contributed by atoms with Gasteiger partial charge >= 0.3 is 0 Å². The average Bonchev–Trinajstić information content (AvgIpc) is 1.67. The maximum Gasteiger partial charge on any atom is 0.264 e. The van der Waals surface area contributed by atoms with Crippen LogP contribution in [0.2, 0.25) is 0 Å². The third kappa shape index (κ3) is 8.99. The lowest BCUT2D eigenvalue weighted by atomic mass is 9.36. The van der Waals surface area contributed by atoms with Crippen LogP contribution in [0.5, 0.6) is 0 Å². The second-order valence-corrected chi connectivity index (χ2v) is 31.8. The van der Waals surface area contributed by atoms with Crippen LogP contribution in [0.3, 0.4) is 0 Å². The van der Waals surface area contributed by atoms with E-state index in [-0.39, 0.29) is 23.0 Å². The number of para-hydroxylation sites is 2. The van der Waals surface area contributed by atoms with Gasteiger partial charge in [0.1, 0.15) is 11.2 Å². The van der Waals surface area contributed by atoms with Crippen molar-refractivity contribution in [2.75, 3.05) is 14.7 Å². The summed E-state index contributed by atoms with van der Waals surface area (Å²) in [5.41, 5.74) is 18.4. The normalized spacial score (nSPS) is 13.3. The van der Waals surface area contributed by atoms with Crippen molar-refractivity contribution < 1.29 is 4.42 Å². The Labute approximate surface area is 517 Å². The summed E-state index contributed by atoms with van der Waals surface area (Å²) in [7, 11) is -3.22. The Morgan fingerprint density at radius 2 is 0.874 bits per heavy atom. The molecule has 0 saturated carbocycles. The largest absolute Gasteiger partial charge is 0.456 e. The lowest BCUT2D eigenvalue weighted by molar-refractivity contribution is 0.590. The van der Waals surface area contributed by atoms with Gasteiger partial charge in [0, 0.05) is 71.1 Å². The molecule has 0 aliphatic carbocycles. The maximum absolute atomic E-state index is 6.62. The lowest BCUT2D eigenvalue weighted by Gasteiger charge is -2.45. The molecule has 11 aromatic carbocycles. The number of hydrogen-bond acceptors (Lipinski definition) is 5. The van der Waals surface area contributed by atoms with Crippen LogP contribution < -0.4 is 51.1 Å². The van der Waals surface area contributed by atoms with Gasteiger partial charge in [0.05, 0.1) is 5.69 Å². The average molecular weight is 1160 g/mol. The van der Waals surface area contributed by atoms with Gasteiger partial charge < -0.3 is 19.1 Å². The Morgan fingerprint density at radius 3 is 1.44 bits per heavy atom. The minimum Gasteiger partial charge on any atom is -0.456 e. The van der Waals surface area contributed by atoms with Crippen molar-refractivity contribution in [1.29, 1.82) is 0 Å². The zero-order valence-corrected chi connectivity index (χ0v) is 52.9. The number of fused-ring (bicyclic) bond motifs is 9. The van der Waals surface area contributed by atoms with Gasteiger partial charge in [-0.1, -0.05) is 226 Å². The zero-order chi connectivity index (χ0) is 59.6.